The quantitative estimate of drug-likeness (QED) is 0.467. The van der Waals surface area contributed by atoms with Gasteiger partial charge >= 0.3 is 94.5 Å². The molecule has 0 saturated carbocycles. The van der Waals surface area contributed by atoms with Crippen molar-refractivity contribution in [3.63, 3.8) is 0 Å². The van der Waals surface area contributed by atoms with Crippen LogP contribution in [0.2, 0.25) is 0 Å². The summed E-state index contributed by atoms with van der Waals surface area (Å²) in [5, 5.41) is 3.43. The van der Waals surface area contributed by atoms with Gasteiger partial charge < -0.3 is 0 Å². The molecule has 0 atom stereocenters. The summed E-state index contributed by atoms with van der Waals surface area (Å²) in [7, 11) is 0. The minimum atomic E-state index is 0.368. The van der Waals surface area contributed by atoms with Gasteiger partial charge in [0.1, 0.15) is 0 Å². The van der Waals surface area contributed by atoms with Crippen LogP contribution in [0.25, 0.3) is 0 Å². The number of hydrogen-bond acceptors (Lipinski definition) is 2. The molecular weight excluding hydrogens is 251 g/mol. The predicted molar refractivity (Wildman–Crippen MR) is 65.6 cm³/mol. The van der Waals surface area contributed by atoms with Crippen LogP contribution in [0.3, 0.4) is 0 Å². The maximum atomic E-state index is 5.78. The molecule has 3 N–H and O–H groups in total. The van der Waals surface area contributed by atoms with Crippen LogP contribution in [0.15, 0.2) is 42.5 Å². The van der Waals surface area contributed by atoms with Crippen LogP contribution < -0.4 is 20.0 Å². The first kappa shape index (κ1) is 8.83. The number of para-hydroxylation sites is 1. The number of hydrogen-bond donors (Lipinski definition) is 2. The van der Waals surface area contributed by atoms with E-state index in [1.54, 1.807) is 0 Å². The molecule has 0 aromatic heterocycles. The molecule has 15 heavy (non-hydrogen) atoms. The molecule has 2 aromatic carbocycles. The van der Waals surface area contributed by atoms with Gasteiger partial charge in [-0.15, -0.1) is 0 Å². The number of benzene rings is 2. The van der Waals surface area contributed by atoms with E-state index in [-0.39, 0.29) is 0 Å². The van der Waals surface area contributed by atoms with E-state index in [0.717, 1.165) is 5.69 Å². The Balaban J connectivity index is 2.11. The first-order valence-electron chi connectivity index (χ1n) is 4.76. The average molecular weight is 261 g/mol. The first-order chi connectivity index (χ1) is 7.33. The fourth-order valence-electron chi connectivity index (χ4n) is 1.65. The van der Waals surface area contributed by atoms with Crippen molar-refractivity contribution in [1.29, 1.82) is 0 Å². The van der Waals surface area contributed by atoms with E-state index in [0.29, 0.717) is 15.0 Å². The third kappa shape index (κ3) is 1.50. The molecule has 3 rings (SSSR count). The van der Waals surface area contributed by atoms with Gasteiger partial charge in [0.2, 0.25) is 0 Å². The Bertz CT molecular complexity index is 523. The van der Waals surface area contributed by atoms with Crippen LogP contribution in [0.4, 0.5) is 17.1 Å². The van der Waals surface area contributed by atoms with Crippen LogP contribution in [-0.4, -0.2) is 15.0 Å². The Hall–Kier alpha value is -1.44. The zero-order chi connectivity index (χ0) is 10.3. The number of rotatable bonds is 0. The summed E-state index contributed by atoms with van der Waals surface area (Å²) in [5.74, 6) is 0. The van der Waals surface area contributed by atoms with Crippen molar-refractivity contribution < 1.29 is 0 Å². The summed E-state index contributed by atoms with van der Waals surface area (Å²) >= 11 is 0.368. The van der Waals surface area contributed by atoms with E-state index >= 15 is 0 Å². The van der Waals surface area contributed by atoms with Crippen molar-refractivity contribution in [3.8, 4) is 0 Å². The first-order valence-corrected chi connectivity index (χ1v) is 6.48. The van der Waals surface area contributed by atoms with E-state index in [9.17, 15) is 0 Å². The van der Waals surface area contributed by atoms with Gasteiger partial charge in [-0.05, 0) is 0 Å². The number of nitrogens with two attached hydrogens (primary N) is 1. The van der Waals surface area contributed by atoms with Crippen molar-refractivity contribution in [2.75, 3.05) is 11.1 Å². The minimum absolute atomic E-state index is 0.368. The molecular formula is C12H10N2Se. The SMILES string of the molecule is Nc1ccc2c(c1)[Se]c1ccccc1N2. The molecule has 0 saturated heterocycles. The van der Waals surface area contributed by atoms with Gasteiger partial charge in [0.15, 0.2) is 0 Å². The van der Waals surface area contributed by atoms with E-state index in [1.807, 2.05) is 6.07 Å². The number of fused-ring (bicyclic) bond motifs is 2. The van der Waals surface area contributed by atoms with Crippen LogP contribution in [-0.2, 0) is 0 Å². The van der Waals surface area contributed by atoms with E-state index < -0.39 is 0 Å². The number of nitrogen functional groups attached to an aromatic ring is 1. The summed E-state index contributed by atoms with van der Waals surface area (Å²) in [6, 6.07) is 14.5. The van der Waals surface area contributed by atoms with Crippen molar-refractivity contribution in [1.82, 2.24) is 0 Å². The summed E-state index contributed by atoms with van der Waals surface area (Å²) in [6.07, 6.45) is 0. The molecule has 2 aromatic rings. The Labute approximate surface area is 94.7 Å². The normalized spacial score (nSPS) is 12.5. The number of anilines is 3. The van der Waals surface area contributed by atoms with Gasteiger partial charge in [0.25, 0.3) is 0 Å². The second kappa shape index (κ2) is 3.30. The molecule has 1 heterocycles. The molecule has 74 valence electrons. The third-order valence-corrected chi connectivity index (χ3v) is 4.76. The van der Waals surface area contributed by atoms with Gasteiger partial charge in [-0.1, -0.05) is 0 Å². The molecule has 3 heteroatoms. The second-order valence-electron chi connectivity index (χ2n) is 3.48. The molecule has 0 fully saturated rings. The zero-order valence-electron chi connectivity index (χ0n) is 8.03. The summed E-state index contributed by atoms with van der Waals surface area (Å²) in [6.45, 7) is 0. The van der Waals surface area contributed by atoms with Crippen molar-refractivity contribution in [2.24, 2.45) is 0 Å². The fraction of sp³-hybridized carbons (Fsp3) is 0. The van der Waals surface area contributed by atoms with Crippen LogP contribution in [0.1, 0.15) is 0 Å². The molecule has 0 amide bonds. The van der Waals surface area contributed by atoms with Gasteiger partial charge in [-0.3, -0.25) is 0 Å². The van der Waals surface area contributed by atoms with Crippen molar-refractivity contribution >= 4 is 40.9 Å². The van der Waals surface area contributed by atoms with Crippen LogP contribution in [0.5, 0.6) is 0 Å². The Morgan fingerprint density at radius 2 is 1.73 bits per heavy atom. The molecule has 1 aliphatic heterocycles. The average Bonchev–Trinajstić information content (AvgIpc) is 2.26. The van der Waals surface area contributed by atoms with E-state index in [4.69, 9.17) is 5.73 Å². The van der Waals surface area contributed by atoms with Crippen LogP contribution >= 0.6 is 0 Å². The fourth-order valence-corrected chi connectivity index (χ4v) is 3.82. The Morgan fingerprint density at radius 3 is 2.67 bits per heavy atom. The summed E-state index contributed by atoms with van der Waals surface area (Å²) < 4.78 is 2.73. The van der Waals surface area contributed by atoms with E-state index in [1.165, 1.54) is 20.3 Å². The molecule has 0 spiro atoms. The van der Waals surface area contributed by atoms with Gasteiger partial charge in [0, 0.05) is 0 Å². The predicted octanol–water partition coefficient (Wildman–Crippen LogP) is 0.981. The Morgan fingerprint density at radius 1 is 0.933 bits per heavy atom. The number of nitrogens with one attached hydrogen (secondary N) is 1. The Kier molecular flexibility index (Phi) is 1.94. The molecule has 0 bridgehead atoms. The van der Waals surface area contributed by atoms with Gasteiger partial charge in [-0.2, -0.15) is 0 Å². The van der Waals surface area contributed by atoms with Gasteiger partial charge in [0.05, 0.1) is 0 Å². The van der Waals surface area contributed by atoms with Crippen molar-refractivity contribution in [2.45, 2.75) is 0 Å². The van der Waals surface area contributed by atoms with Gasteiger partial charge in [-0.25, -0.2) is 0 Å². The topological polar surface area (TPSA) is 38.0 Å². The zero-order valence-corrected chi connectivity index (χ0v) is 9.74. The molecule has 0 radical (unpaired) electrons. The molecule has 1 aliphatic rings. The summed E-state index contributed by atoms with van der Waals surface area (Å²) in [4.78, 5) is 0. The molecule has 0 aliphatic carbocycles. The molecule has 0 unspecified atom stereocenters. The van der Waals surface area contributed by atoms with Crippen molar-refractivity contribution in [3.05, 3.63) is 42.5 Å². The van der Waals surface area contributed by atoms with E-state index in [2.05, 4.69) is 41.7 Å². The van der Waals surface area contributed by atoms with Crippen LogP contribution in [0, 0.1) is 0 Å². The molecule has 2 nitrogen and oxygen atoms in total. The second-order valence-corrected chi connectivity index (χ2v) is 5.75. The standard InChI is InChI=1S/C12H10N2Se/c13-8-5-6-10-12(7-8)15-11-4-2-1-3-9(11)14-10/h1-7,14H,13H2. The monoisotopic (exact) mass is 262 g/mol. The summed E-state index contributed by atoms with van der Waals surface area (Å²) in [5.41, 5.74) is 9.06. The third-order valence-electron chi connectivity index (χ3n) is 2.38. The maximum absolute atomic E-state index is 5.78.